The smallest absolute Gasteiger partial charge is 0.323 e. The van der Waals surface area contributed by atoms with E-state index < -0.39 is 18.4 Å². The van der Waals surface area contributed by atoms with Crippen LogP contribution in [0.2, 0.25) is 0 Å². The number of carbonyl (C=O) groups excluding carboxylic acids is 1. The van der Waals surface area contributed by atoms with Gasteiger partial charge in [-0.05, 0) is 25.5 Å². The van der Waals surface area contributed by atoms with E-state index in [1.165, 1.54) is 23.2 Å². The predicted molar refractivity (Wildman–Crippen MR) is 64.3 cm³/mol. The number of nitrogens with zero attached hydrogens (tertiary/aromatic N) is 2. The van der Waals surface area contributed by atoms with Crippen LogP contribution in [0.3, 0.4) is 0 Å². The third-order valence-electron chi connectivity index (χ3n) is 2.68. The minimum Gasteiger partial charge on any atom is -0.505 e. The maximum Gasteiger partial charge on any atom is 0.323 e. The van der Waals surface area contributed by atoms with Crippen molar-refractivity contribution >= 4 is 11.9 Å². The second kappa shape index (κ2) is 6.00. The summed E-state index contributed by atoms with van der Waals surface area (Å²) in [7, 11) is 0. The van der Waals surface area contributed by atoms with Gasteiger partial charge in [-0.2, -0.15) is 0 Å². The number of carboxylic acid groups (broad SMARTS) is 1. The third kappa shape index (κ3) is 3.19. The molecule has 1 rings (SSSR count). The lowest BCUT2D eigenvalue weighted by atomic mass is 10.2. The monoisotopic (exact) mass is 252 g/mol. The van der Waals surface area contributed by atoms with Crippen molar-refractivity contribution in [3.8, 4) is 5.75 Å². The second-order valence-electron chi connectivity index (χ2n) is 3.96. The molecular formula is C12H16N2O4. The van der Waals surface area contributed by atoms with E-state index in [1.807, 2.05) is 6.92 Å². The van der Waals surface area contributed by atoms with Crippen LogP contribution >= 0.6 is 0 Å². The lowest BCUT2D eigenvalue weighted by molar-refractivity contribution is -0.138. The first kappa shape index (κ1) is 14.0. The standard InChI is InChI=1S/C12H16N2O4/c1-3-8(2)14(7-10(16)17)12(18)11-9(15)5-4-6-13-11/h4-6,8,15H,3,7H2,1-2H3,(H,16,17). The summed E-state index contributed by atoms with van der Waals surface area (Å²) >= 11 is 0. The van der Waals surface area contributed by atoms with Crippen LogP contribution in [-0.4, -0.2) is 44.6 Å². The van der Waals surface area contributed by atoms with E-state index in [2.05, 4.69) is 4.98 Å². The van der Waals surface area contributed by atoms with Gasteiger partial charge in [-0.1, -0.05) is 6.92 Å². The molecule has 0 aliphatic carbocycles. The number of hydrogen-bond donors (Lipinski definition) is 2. The van der Waals surface area contributed by atoms with Crippen molar-refractivity contribution < 1.29 is 19.8 Å². The molecule has 1 aromatic rings. The molecule has 0 bridgehead atoms. The minimum atomic E-state index is -1.10. The average Bonchev–Trinajstić information content (AvgIpc) is 2.34. The highest BCUT2D eigenvalue weighted by atomic mass is 16.4. The molecule has 1 atom stereocenters. The third-order valence-corrected chi connectivity index (χ3v) is 2.68. The van der Waals surface area contributed by atoms with Crippen molar-refractivity contribution in [1.29, 1.82) is 0 Å². The topological polar surface area (TPSA) is 90.7 Å². The molecule has 1 amide bonds. The zero-order valence-corrected chi connectivity index (χ0v) is 10.3. The Kier molecular flexibility index (Phi) is 4.65. The van der Waals surface area contributed by atoms with E-state index >= 15 is 0 Å². The van der Waals surface area contributed by atoms with Crippen molar-refractivity contribution in [1.82, 2.24) is 9.88 Å². The number of hydrogen-bond acceptors (Lipinski definition) is 4. The number of aromatic hydroxyl groups is 1. The Bertz CT molecular complexity index is 447. The van der Waals surface area contributed by atoms with Crippen LogP contribution in [0.4, 0.5) is 0 Å². The van der Waals surface area contributed by atoms with Gasteiger partial charge in [0, 0.05) is 12.2 Å². The van der Waals surface area contributed by atoms with Crippen molar-refractivity contribution in [2.24, 2.45) is 0 Å². The van der Waals surface area contributed by atoms with Crippen LogP contribution in [-0.2, 0) is 4.79 Å². The quantitative estimate of drug-likeness (QED) is 0.819. The summed E-state index contributed by atoms with van der Waals surface area (Å²) in [6.07, 6.45) is 2.00. The van der Waals surface area contributed by atoms with Gasteiger partial charge in [-0.3, -0.25) is 9.59 Å². The van der Waals surface area contributed by atoms with Gasteiger partial charge in [0.1, 0.15) is 12.3 Å². The summed E-state index contributed by atoms with van der Waals surface area (Å²) in [5, 5.41) is 18.4. The second-order valence-corrected chi connectivity index (χ2v) is 3.96. The lowest BCUT2D eigenvalue weighted by Gasteiger charge is -2.26. The van der Waals surface area contributed by atoms with Crippen molar-refractivity contribution in [2.75, 3.05) is 6.54 Å². The molecule has 1 heterocycles. The van der Waals surface area contributed by atoms with Crippen LogP contribution in [0, 0.1) is 0 Å². The Hall–Kier alpha value is -2.11. The fourth-order valence-corrected chi connectivity index (χ4v) is 1.49. The summed E-state index contributed by atoms with van der Waals surface area (Å²) in [6, 6.07) is 2.60. The summed E-state index contributed by atoms with van der Waals surface area (Å²) in [5.74, 6) is -1.93. The summed E-state index contributed by atoms with van der Waals surface area (Å²) in [6.45, 7) is 3.19. The van der Waals surface area contributed by atoms with Gasteiger partial charge >= 0.3 is 5.97 Å². The molecule has 0 radical (unpaired) electrons. The zero-order valence-electron chi connectivity index (χ0n) is 10.3. The largest absolute Gasteiger partial charge is 0.505 e. The first-order valence-corrected chi connectivity index (χ1v) is 5.64. The predicted octanol–water partition coefficient (Wildman–Crippen LogP) is 1.11. The average molecular weight is 252 g/mol. The number of aromatic nitrogens is 1. The van der Waals surface area contributed by atoms with Gasteiger partial charge in [-0.15, -0.1) is 0 Å². The van der Waals surface area contributed by atoms with Crippen LogP contribution in [0.1, 0.15) is 30.8 Å². The summed E-state index contributed by atoms with van der Waals surface area (Å²) < 4.78 is 0. The first-order valence-electron chi connectivity index (χ1n) is 5.64. The van der Waals surface area contributed by atoms with Gasteiger partial charge in [0.25, 0.3) is 5.91 Å². The van der Waals surface area contributed by atoms with Crippen molar-refractivity contribution in [2.45, 2.75) is 26.3 Å². The van der Waals surface area contributed by atoms with Crippen LogP contribution in [0.5, 0.6) is 5.75 Å². The molecule has 0 aliphatic heterocycles. The molecule has 0 saturated carbocycles. The Morgan fingerprint density at radius 3 is 2.67 bits per heavy atom. The van der Waals surface area contributed by atoms with E-state index in [0.29, 0.717) is 6.42 Å². The highest BCUT2D eigenvalue weighted by molar-refractivity contribution is 5.96. The lowest BCUT2D eigenvalue weighted by Crippen LogP contribution is -2.42. The maximum atomic E-state index is 12.1. The van der Waals surface area contributed by atoms with Gasteiger partial charge in [-0.25, -0.2) is 4.98 Å². The Labute approximate surface area is 105 Å². The number of amides is 1. The van der Waals surface area contributed by atoms with Crippen LogP contribution in [0.25, 0.3) is 0 Å². The minimum absolute atomic E-state index is 0.126. The van der Waals surface area contributed by atoms with E-state index in [9.17, 15) is 14.7 Å². The summed E-state index contributed by atoms with van der Waals surface area (Å²) in [5.41, 5.74) is -0.126. The number of pyridine rings is 1. The summed E-state index contributed by atoms with van der Waals surface area (Å²) in [4.78, 5) is 27.9. The number of rotatable bonds is 5. The molecule has 6 nitrogen and oxygen atoms in total. The molecule has 0 aromatic carbocycles. The molecule has 0 aliphatic rings. The van der Waals surface area contributed by atoms with Crippen molar-refractivity contribution in [3.05, 3.63) is 24.0 Å². The zero-order chi connectivity index (χ0) is 13.7. The first-order chi connectivity index (χ1) is 8.47. The van der Waals surface area contributed by atoms with E-state index in [1.54, 1.807) is 6.92 Å². The van der Waals surface area contributed by atoms with Crippen molar-refractivity contribution in [3.63, 3.8) is 0 Å². The van der Waals surface area contributed by atoms with Gasteiger partial charge in [0.05, 0.1) is 0 Å². The van der Waals surface area contributed by atoms with E-state index in [4.69, 9.17) is 5.11 Å². The molecule has 18 heavy (non-hydrogen) atoms. The molecule has 1 unspecified atom stereocenters. The van der Waals surface area contributed by atoms with Crippen LogP contribution < -0.4 is 0 Å². The maximum absolute atomic E-state index is 12.1. The van der Waals surface area contributed by atoms with Crippen LogP contribution in [0.15, 0.2) is 18.3 Å². The Morgan fingerprint density at radius 1 is 1.50 bits per heavy atom. The Morgan fingerprint density at radius 2 is 2.17 bits per heavy atom. The highest BCUT2D eigenvalue weighted by Crippen LogP contribution is 2.17. The number of carboxylic acids is 1. The molecule has 1 aromatic heterocycles. The van der Waals surface area contributed by atoms with E-state index in [-0.39, 0.29) is 17.5 Å². The molecular weight excluding hydrogens is 236 g/mol. The SMILES string of the molecule is CCC(C)N(CC(=O)O)C(=O)c1ncccc1O. The number of carbonyl (C=O) groups is 2. The van der Waals surface area contributed by atoms with Gasteiger partial charge in [0.2, 0.25) is 0 Å². The highest BCUT2D eigenvalue weighted by Gasteiger charge is 2.25. The molecule has 6 heteroatoms. The van der Waals surface area contributed by atoms with Gasteiger partial charge in [0.15, 0.2) is 5.69 Å². The molecule has 0 spiro atoms. The molecule has 0 fully saturated rings. The molecule has 0 saturated heterocycles. The molecule has 2 N–H and O–H groups in total. The fourth-order valence-electron chi connectivity index (χ4n) is 1.49. The normalized spacial score (nSPS) is 11.9. The fraction of sp³-hybridized carbons (Fsp3) is 0.417. The van der Waals surface area contributed by atoms with Gasteiger partial charge < -0.3 is 15.1 Å². The molecule has 98 valence electrons. The number of aliphatic carboxylic acids is 1. The Balaban J connectivity index is 3.02. The van der Waals surface area contributed by atoms with E-state index in [0.717, 1.165) is 0 Å².